The van der Waals surface area contributed by atoms with Gasteiger partial charge in [-0.2, -0.15) is 5.10 Å². The fraction of sp³-hybridized carbons (Fsp3) is 0.400. The highest BCUT2D eigenvalue weighted by Crippen LogP contribution is 2.32. The first kappa shape index (κ1) is 19.4. The van der Waals surface area contributed by atoms with E-state index >= 15 is 0 Å². The molecule has 29 heavy (non-hydrogen) atoms. The zero-order valence-corrected chi connectivity index (χ0v) is 16.0. The second kappa shape index (κ2) is 7.82. The van der Waals surface area contributed by atoms with E-state index in [4.69, 9.17) is 0 Å². The van der Waals surface area contributed by atoms with Gasteiger partial charge in [-0.1, -0.05) is 12.1 Å². The molecule has 1 aliphatic heterocycles. The minimum Gasteiger partial charge on any atom is -0.289 e. The second-order valence-electron chi connectivity index (χ2n) is 7.25. The summed E-state index contributed by atoms with van der Waals surface area (Å²) in [4.78, 5) is 31.4. The van der Waals surface area contributed by atoms with Gasteiger partial charge < -0.3 is 0 Å². The predicted octanol–water partition coefficient (Wildman–Crippen LogP) is 2.09. The van der Waals surface area contributed by atoms with E-state index in [-0.39, 0.29) is 11.6 Å². The Morgan fingerprint density at radius 2 is 2.03 bits per heavy atom. The highest BCUT2D eigenvalue weighted by Gasteiger charge is 2.31. The number of para-hydroxylation sites is 1. The summed E-state index contributed by atoms with van der Waals surface area (Å²) in [6.45, 7) is 0.464. The first-order chi connectivity index (χ1) is 13.9. The Morgan fingerprint density at radius 3 is 2.79 bits per heavy atom. The molecule has 1 saturated heterocycles. The SMILES string of the molecule is Cn1ncc(CN2CCCC2c2nc3ccccc3c(=O)n2CC(F)F)cc1=O. The first-order valence-corrected chi connectivity index (χ1v) is 9.48. The maximum atomic E-state index is 13.2. The highest BCUT2D eigenvalue weighted by molar-refractivity contribution is 5.77. The van der Waals surface area contributed by atoms with E-state index in [2.05, 4.69) is 15.0 Å². The Balaban J connectivity index is 1.76. The van der Waals surface area contributed by atoms with Crippen molar-refractivity contribution in [1.29, 1.82) is 0 Å². The number of fused-ring (bicyclic) bond motifs is 1. The monoisotopic (exact) mass is 401 g/mol. The summed E-state index contributed by atoms with van der Waals surface area (Å²) in [5.74, 6) is 0.350. The summed E-state index contributed by atoms with van der Waals surface area (Å²) in [7, 11) is 1.58. The van der Waals surface area contributed by atoms with Gasteiger partial charge in [0, 0.05) is 19.7 Å². The van der Waals surface area contributed by atoms with Crippen LogP contribution in [0.4, 0.5) is 8.78 Å². The van der Waals surface area contributed by atoms with Gasteiger partial charge in [0.25, 0.3) is 17.5 Å². The Kier molecular flexibility index (Phi) is 5.23. The van der Waals surface area contributed by atoms with E-state index in [9.17, 15) is 18.4 Å². The molecule has 0 aliphatic carbocycles. The van der Waals surface area contributed by atoms with Crippen molar-refractivity contribution in [3.63, 3.8) is 0 Å². The van der Waals surface area contributed by atoms with Crippen molar-refractivity contribution in [2.24, 2.45) is 7.05 Å². The molecule has 1 unspecified atom stereocenters. The molecule has 9 heteroatoms. The Morgan fingerprint density at radius 1 is 1.24 bits per heavy atom. The second-order valence-corrected chi connectivity index (χ2v) is 7.25. The summed E-state index contributed by atoms with van der Waals surface area (Å²) in [6.07, 6.45) is 0.509. The number of alkyl halides is 2. The van der Waals surface area contributed by atoms with Crippen LogP contribution in [-0.2, 0) is 20.1 Å². The molecule has 0 spiro atoms. The lowest BCUT2D eigenvalue weighted by atomic mass is 10.1. The molecule has 0 N–H and O–H groups in total. The molecule has 1 fully saturated rings. The number of hydrogen-bond acceptors (Lipinski definition) is 5. The molecule has 0 bridgehead atoms. The number of aromatic nitrogens is 4. The molecule has 4 rings (SSSR count). The Bertz CT molecular complexity index is 1160. The van der Waals surface area contributed by atoms with Gasteiger partial charge in [0.05, 0.1) is 29.7 Å². The molecule has 0 saturated carbocycles. The minimum atomic E-state index is -2.66. The zero-order chi connectivity index (χ0) is 20.5. The van der Waals surface area contributed by atoms with Gasteiger partial charge in [0.1, 0.15) is 5.82 Å². The quantitative estimate of drug-likeness (QED) is 0.655. The van der Waals surface area contributed by atoms with Crippen LogP contribution in [0.5, 0.6) is 0 Å². The van der Waals surface area contributed by atoms with Crippen LogP contribution in [0.1, 0.15) is 30.3 Å². The molecule has 0 radical (unpaired) electrons. The average molecular weight is 401 g/mol. The van der Waals surface area contributed by atoms with Crippen molar-refractivity contribution in [1.82, 2.24) is 24.2 Å². The predicted molar refractivity (Wildman–Crippen MR) is 104 cm³/mol. The Hall–Kier alpha value is -2.94. The summed E-state index contributed by atoms with van der Waals surface area (Å²) in [6, 6.07) is 8.03. The normalized spacial score (nSPS) is 17.4. The smallest absolute Gasteiger partial charge is 0.266 e. The van der Waals surface area contributed by atoms with Gasteiger partial charge in [-0.25, -0.2) is 18.4 Å². The standard InChI is InChI=1S/C20H21F2N5O2/c1-25-18(28)9-13(10-23-25)11-26-8-4-7-16(26)19-24-15-6-3-2-5-14(15)20(29)27(19)12-17(21)22/h2-3,5-6,9-10,16-17H,4,7-8,11-12H2,1H3. The summed E-state index contributed by atoms with van der Waals surface area (Å²) >= 11 is 0. The lowest BCUT2D eigenvalue weighted by Crippen LogP contribution is -2.34. The number of halogens is 2. The van der Waals surface area contributed by atoms with Crippen LogP contribution < -0.4 is 11.1 Å². The van der Waals surface area contributed by atoms with Crippen LogP contribution in [0, 0.1) is 0 Å². The number of nitrogens with zero attached hydrogens (tertiary/aromatic N) is 5. The molecular weight excluding hydrogens is 380 g/mol. The van der Waals surface area contributed by atoms with Gasteiger partial charge >= 0.3 is 0 Å². The molecule has 2 aromatic heterocycles. The Labute approximate surface area is 165 Å². The molecular formula is C20H21F2N5O2. The van der Waals surface area contributed by atoms with Crippen LogP contribution >= 0.6 is 0 Å². The molecule has 1 aromatic carbocycles. The van der Waals surface area contributed by atoms with E-state index in [1.807, 2.05) is 0 Å². The van der Waals surface area contributed by atoms with Crippen molar-refractivity contribution < 1.29 is 8.78 Å². The van der Waals surface area contributed by atoms with Crippen molar-refractivity contribution in [2.75, 3.05) is 6.54 Å². The van der Waals surface area contributed by atoms with Crippen LogP contribution in [0.2, 0.25) is 0 Å². The van der Waals surface area contributed by atoms with Crippen molar-refractivity contribution in [3.8, 4) is 0 Å². The van der Waals surface area contributed by atoms with E-state index in [1.165, 1.54) is 10.7 Å². The van der Waals surface area contributed by atoms with Crippen LogP contribution in [-0.4, -0.2) is 37.2 Å². The van der Waals surface area contributed by atoms with E-state index in [0.717, 1.165) is 23.1 Å². The summed E-state index contributed by atoms with van der Waals surface area (Å²) in [5.41, 5.74) is 0.577. The fourth-order valence-corrected chi connectivity index (χ4v) is 3.89. The molecule has 7 nitrogen and oxygen atoms in total. The minimum absolute atomic E-state index is 0.211. The molecule has 3 aromatic rings. The van der Waals surface area contributed by atoms with Gasteiger partial charge in [-0.3, -0.25) is 19.1 Å². The molecule has 1 atom stereocenters. The molecule has 152 valence electrons. The average Bonchev–Trinajstić information content (AvgIpc) is 3.14. The lowest BCUT2D eigenvalue weighted by molar-refractivity contribution is 0.120. The third-order valence-electron chi connectivity index (χ3n) is 5.28. The zero-order valence-electron chi connectivity index (χ0n) is 16.0. The number of rotatable bonds is 5. The van der Waals surface area contributed by atoms with E-state index in [0.29, 0.717) is 29.7 Å². The van der Waals surface area contributed by atoms with Crippen LogP contribution in [0.15, 0.2) is 46.1 Å². The molecule has 0 amide bonds. The van der Waals surface area contributed by atoms with Gasteiger partial charge in [-0.15, -0.1) is 0 Å². The molecule has 3 heterocycles. The van der Waals surface area contributed by atoms with Crippen molar-refractivity contribution in [2.45, 2.75) is 38.4 Å². The third-order valence-corrected chi connectivity index (χ3v) is 5.28. The van der Waals surface area contributed by atoms with Crippen LogP contribution in [0.3, 0.4) is 0 Å². The lowest BCUT2D eigenvalue weighted by Gasteiger charge is -2.26. The number of benzene rings is 1. The van der Waals surface area contributed by atoms with Crippen molar-refractivity contribution in [3.05, 3.63) is 68.6 Å². The van der Waals surface area contributed by atoms with Crippen molar-refractivity contribution >= 4 is 10.9 Å². The van der Waals surface area contributed by atoms with Gasteiger partial charge in [-0.05, 0) is 37.1 Å². The first-order valence-electron chi connectivity index (χ1n) is 9.48. The maximum Gasteiger partial charge on any atom is 0.266 e. The van der Waals surface area contributed by atoms with Gasteiger partial charge in [0.2, 0.25) is 0 Å². The highest BCUT2D eigenvalue weighted by atomic mass is 19.3. The maximum absolute atomic E-state index is 13.2. The van der Waals surface area contributed by atoms with Gasteiger partial charge in [0.15, 0.2) is 0 Å². The van der Waals surface area contributed by atoms with E-state index < -0.39 is 18.5 Å². The fourth-order valence-electron chi connectivity index (χ4n) is 3.89. The number of hydrogen-bond donors (Lipinski definition) is 0. The summed E-state index contributed by atoms with van der Waals surface area (Å²) in [5, 5.41) is 4.37. The topological polar surface area (TPSA) is 73.0 Å². The largest absolute Gasteiger partial charge is 0.289 e. The number of likely N-dealkylation sites (tertiary alicyclic amines) is 1. The number of aryl methyl sites for hydroxylation is 1. The summed E-state index contributed by atoms with van der Waals surface area (Å²) < 4.78 is 28.9. The van der Waals surface area contributed by atoms with E-state index in [1.54, 1.807) is 37.5 Å². The van der Waals surface area contributed by atoms with Crippen LogP contribution in [0.25, 0.3) is 10.9 Å². The third kappa shape index (κ3) is 3.82. The molecule has 1 aliphatic rings.